The zero-order valence-electron chi connectivity index (χ0n) is 11.4. The zero-order chi connectivity index (χ0) is 13.8. The van der Waals surface area contributed by atoms with Gasteiger partial charge in [0.15, 0.2) is 0 Å². The maximum absolute atomic E-state index is 11.8. The molecule has 6 heteroatoms. The molecule has 1 atom stereocenters. The number of carbonyl (C=O) groups is 1. The number of nitrogens with zero attached hydrogens (tertiary/aromatic N) is 3. The van der Waals surface area contributed by atoms with E-state index < -0.39 is 0 Å². The van der Waals surface area contributed by atoms with Gasteiger partial charge >= 0.3 is 0 Å². The maximum atomic E-state index is 11.8. The van der Waals surface area contributed by atoms with Gasteiger partial charge < -0.3 is 9.64 Å². The quantitative estimate of drug-likeness (QED) is 0.678. The van der Waals surface area contributed by atoms with E-state index in [9.17, 15) is 4.79 Å². The Bertz CT molecular complexity index is 438. The van der Waals surface area contributed by atoms with E-state index >= 15 is 0 Å². The fraction of sp³-hybridized carbons (Fsp3) is 0.538. The molecule has 1 aliphatic rings. The minimum absolute atomic E-state index is 0.0770. The first-order valence-corrected chi connectivity index (χ1v) is 6.41. The Kier molecular flexibility index (Phi) is 4.42. The highest BCUT2D eigenvalue weighted by atomic mass is 16.5. The normalized spacial score (nSPS) is 20.6. The van der Waals surface area contributed by atoms with Crippen molar-refractivity contribution in [2.24, 2.45) is 0 Å². The second-order valence-corrected chi connectivity index (χ2v) is 4.74. The number of piperazine rings is 1. The topological polar surface area (TPSA) is 45.7 Å². The third kappa shape index (κ3) is 3.47. The van der Waals surface area contributed by atoms with Crippen molar-refractivity contribution in [1.29, 1.82) is 0 Å². The van der Waals surface area contributed by atoms with Crippen molar-refractivity contribution in [1.82, 2.24) is 14.8 Å². The number of rotatable bonds is 4. The third-order valence-electron chi connectivity index (χ3n) is 3.41. The van der Waals surface area contributed by atoms with Crippen molar-refractivity contribution in [2.75, 3.05) is 33.3 Å². The molecule has 0 N–H and O–H groups in total. The second-order valence-electron chi connectivity index (χ2n) is 4.74. The van der Waals surface area contributed by atoms with Gasteiger partial charge in [-0.3, -0.25) is 14.7 Å². The summed E-state index contributed by atoms with van der Waals surface area (Å²) >= 11 is 0. The first-order chi connectivity index (χ1) is 9.08. The van der Waals surface area contributed by atoms with Crippen molar-refractivity contribution >= 4 is 19.3 Å². The summed E-state index contributed by atoms with van der Waals surface area (Å²) in [6.45, 7) is 4.85. The van der Waals surface area contributed by atoms with Gasteiger partial charge in [0.2, 0.25) is 5.91 Å². The predicted octanol–water partition coefficient (Wildman–Crippen LogP) is -0.583. The highest BCUT2D eigenvalue weighted by Gasteiger charge is 2.28. The van der Waals surface area contributed by atoms with Crippen molar-refractivity contribution in [3.63, 3.8) is 0 Å². The van der Waals surface area contributed by atoms with E-state index in [0.29, 0.717) is 17.9 Å². The Labute approximate surface area is 115 Å². The summed E-state index contributed by atoms with van der Waals surface area (Å²) in [6.07, 6.45) is 1.61. The average Bonchev–Trinajstić information content (AvgIpc) is 2.41. The van der Waals surface area contributed by atoms with Crippen LogP contribution in [0.2, 0.25) is 0 Å². The number of likely N-dealkylation sites (N-methyl/N-ethyl adjacent to an activating group) is 1. The summed E-state index contributed by atoms with van der Waals surface area (Å²) < 4.78 is 5.59. The molecule has 1 unspecified atom stereocenters. The van der Waals surface area contributed by atoms with E-state index in [2.05, 4.69) is 9.88 Å². The van der Waals surface area contributed by atoms with Crippen LogP contribution in [0.3, 0.4) is 0 Å². The molecule has 19 heavy (non-hydrogen) atoms. The lowest BCUT2D eigenvalue weighted by molar-refractivity contribution is -0.139. The van der Waals surface area contributed by atoms with Gasteiger partial charge in [-0.2, -0.15) is 0 Å². The smallest absolute Gasteiger partial charge is 0.239 e. The molecule has 2 rings (SSSR count). The van der Waals surface area contributed by atoms with Crippen LogP contribution < -0.4 is 10.3 Å². The monoisotopic (exact) mass is 259 g/mol. The lowest BCUT2D eigenvalue weighted by atomic mass is 10.0. The molecule has 0 spiro atoms. The molecule has 0 bridgehead atoms. The van der Waals surface area contributed by atoms with E-state index in [1.54, 1.807) is 23.2 Å². The predicted molar refractivity (Wildman–Crippen MR) is 73.8 cm³/mol. The first-order valence-electron chi connectivity index (χ1n) is 6.41. The fourth-order valence-corrected chi connectivity index (χ4v) is 2.12. The molecule has 1 aromatic heterocycles. The van der Waals surface area contributed by atoms with E-state index in [0.717, 1.165) is 19.6 Å². The van der Waals surface area contributed by atoms with Gasteiger partial charge in [-0.05, 0) is 24.6 Å². The van der Waals surface area contributed by atoms with Crippen LogP contribution in [0.15, 0.2) is 18.3 Å². The molecule has 100 valence electrons. The summed E-state index contributed by atoms with van der Waals surface area (Å²) in [7, 11) is 7.34. The summed E-state index contributed by atoms with van der Waals surface area (Å²) in [5.41, 5.74) is 0.477. The molecular weight excluding hydrogens is 241 g/mol. The molecule has 1 fully saturated rings. The van der Waals surface area contributed by atoms with E-state index in [4.69, 9.17) is 12.6 Å². The van der Waals surface area contributed by atoms with Gasteiger partial charge in [0.25, 0.3) is 0 Å². The van der Waals surface area contributed by atoms with Crippen LogP contribution in [0.25, 0.3) is 0 Å². The van der Waals surface area contributed by atoms with Crippen LogP contribution in [-0.2, 0) is 4.79 Å². The first kappa shape index (κ1) is 13.9. The molecule has 1 amide bonds. The SMILES string of the molecule is [B]c1ccc(OCCN2CCN(C)C(=O)C2C)cn1. The highest BCUT2D eigenvalue weighted by Crippen LogP contribution is 2.10. The van der Waals surface area contributed by atoms with Crippen LogP contribution in [0.4, 0.5) is 0 Å². The largest absolute Gasteiger partial charge is 0.491 e. The molecule has 5 nitrogen and oxygen atoms in total. The highest BCUT2D eigenvalue weighted by molar-refractivity contribution is 6.30. The Morgan fingerprint density at radius 1 is 1.47 bits per heavy atom. The van der Waals surface area contributed by atoms with E-state index in [1.807, 2.05) is 14.0 Å². The van der Waals surface area contributed by atoms with Crippen molar-refractivity contribution in [3.8, 4) is 5.75 Å². The van der Waals surface area contributed by atoms with E-state index in [1.165, 1.54) is 0 Å². The molecule has 2 radical (unpaired) electrons. The summed E-state index contributed by atoms with van der Waals surface area (Å²) in [4.78, 5) is 19.7. The number of hydrogen-bond donors (Lipinski definition) is 0. The van der Waals surface area contributed by atoms with Crippen LogP contribution in [0, 0.1) is 0 Å². The lowest BCUT2D eigenvalue weighted by Gasteiger charge is -2.37. The molecule has 2 heterocycles. The van der Waals surface area contributed by atoms with Gasteiger partial charge in [0.1, 0.15) is 20.2 Å². The van der Waals surface area contributed by atoms with Crippen LogP contribution in [-0.4, -0.2) is 67.9 Å². The summed E-state index contributed by atoms with van der Waals surface area (Å²) in [5.74, 6) is 0.864. The Hall–Kier alpha value is -1.56. The van der Waals surface area contributed by atoms with Gasteiger partial charge in [0.05, 0.1) is 12.2 Å². The minimum Gasteiger partial charge on any atom is -0.491 e. The van der Waals surface area contributed by atoms with Gasteiger partial charge in [-0.1, -0.05) is 0 Å². The van der Waals surface area contributed by atoms with Crippen LogP contribution >= 0.6 is 0 Å². The standard InChI is InChI=1S/C13H18BN3O2/c1-10-13(18)16(2)5-6-17(10)7-8-19-11-3-4-12(14)15-9-11/h3-4,9-10H,5-8H2,1-2H3. The number of aromatic nitrogens is 1. The lowest BCUT2D eigenvalue weighted by Crippen LogP contribution is -2.55. The molecule has 1 aliphatic heterocycles. The molecule has 0 saturated carbocycles. The summed E-state index contributed by atoms with van der Waals surface area (Å²) in [6, 6.07) is 3.42. The molecule has 1 aromatic rings. The summed E-state index contributed by atoms with van der Waals surface area (Å²) in [5, 5.41) is 0. The number of pyridine rings is 1. The fourth-order valence-electron chi connectivity index (χ4n) is 2.12. The van der Waals surface area contributed by atoms with Gasteiger partial charge in [-0.15, -0.1) is 0 Å². The Morgan fingerprint density at radius 2 is 2.26 bits per heavy atom. The van der Waals surface area contributed by atoms with Crippen molar-refractivity contribution in [2.45, 2.75) is 13.0 Å². The van der Waals surface area contributed by atoms with Gasteiger partial charge in [0, 0.05) is 26.7 Å². The Morgan fingerprint density at radius 3 is 2.95 bits per heavy atom. The number of carbonyl (C=O) groups excluding carboxylic acids is 1. The molecular formula is C13H18BN3O2. The molecule has 0 aromatic carbocycles. The average molecular weight is 259 g/mol. The minimum atomic E-state index is -0.0770. The maximum Gasteiger partial charge on any atom is 0.239 e. The van der Waals surface area contributed by atoms with E-state index in [-0.39, 0.29) is 11.9 Å². The number of ether oxygens (including phenoxy) is 1. The van der Waals surface area contributed by atoms with Crippen molar-refractivity contribution < 1.29 is 9.53 Å². The van der Waals surface area contributed by atoms with Crippen LogP contribution in [0.5, 0.6) is 5.75 Å². The van der Waals surface area contributed by atoms with Crippen LogP contribution in [0.1, 0.15) is 6.92 Å². The zero-order valence-corrected chi connectivity index (χ0v) is 11.4. The van der Waals surface area contributed by atoms with Crippen molar-refractivity contribution in [3.05, 3.63) is 18.3 Å². The third-order valence-corrected chi connectivity index (χ3v) is 3.41. The number of hydrogen-bond acceptors (Lipinski definition) is 4. The Balaban J connectivity index is 1.79. The van der Waals surface area contributed by atoms with Gasteiger partial charge in [-0.25, -0.2) is 0 Å². The second kappa shape index (κ2) is 6.06. The molecule has 1 saturated heterocycles. The molecule has 0 aliphatic carbocycles. The number of amides is 1.